The fraction of sp³-hybridized carbons (Fsp3) is 0.600. The van der Waals surface area contributed by atoms with E-state index in [2.05, 4.69) is 4.72 Å². The number of rotatable bonds is 7. The van der Waals surface area contributed by atoms with Gasteiger partial charge in [-0.3, -0.25) is 0 Å². The zero-order valence-electron chi connectivity index (χ0n) is 13.0. The molecule has 0 aliphatic rings. The molecule has 120 valence electrons. The van der Waals surface area contributed by atoms with Crippen molar-refractivity contribution < 1.29 is 17.9 Å². The van der Waals surface area contributed by atoms with Crippen LogP contribution >= 0.6 is 0 Å². The van der Waals surface area contributed by atoms with E-state index in [1.54, 1.807) is 0 Å². The molecule has 1 atom stereocenters. The molecule has 0 aliphatic heterocycles. The second-order valence-electron chi connectivity index (χ2n) is 5.35. The summed E-state index contributed by atoms with van der Waals surface area (Å²) in [5.74, 6) is -0.400. The third kappa shape index (κ3) is 4.25. The van der Waals surface area contributed by atoms with Crippen molar-refractivity contribution in [3.63, 3.8) is 0 Å². The van der Waals surface area contributed by atoms with Gasteiger partial charge in [-0.25, -0.2) is 17.5 Å². The Balaban J connectivity index is 3.16. The molecule has 4 nitrogen and oxygen atoms in total. The number of nitrogens with one attached hydrogen (secondary N) is 1. The molecule has 2 N–H and O–H groups in total. The lowest BCUT2D eigenvalue weighted by Gasteiger charge is -2.23. The summed E-state index contributed by atoms with van der Waals surface area (Å²) in [7, 11) is -3.81. The van der Waals surface area contributed by atoms with Gasteiger partial charge in [-0.1, -0.05) is 26.7 Å². The number of aliphatic hydroxyl groups excluding tert-OH is 1. The second kappa shape index (κ2) is 7.33. The Morgan fingerprint density at radius 2 is 1.86 bits per heavy atom. The Hall–Kier alpha value is -0.980. The molecule has 1 rings (SSSR count). The van der Waals surface area contributed by atoms with Gasteiger partial charge in [0.25, 0.3) is 0 Å². The summed E-state index contributed by atoms with van der Waals surface area (Å²) in [6.45, 7) is 6.86. The van der Waals surface area contributed by atoms with Crippen LogP contribution in [0.2, 0.25) is 0 Å². The van der Waals surface area contributed by atoms with Gasteiger partial charge >= 0.3 is 0 Å². The lowest BCUT2D eigenvalue weighted by molar-refractivity contribution is 0.281. The van der Waals surface area contributed by atoms with Crippen molar-refractivity contribution in [3.05, 3.63) is 29.1 Å². The molecule has 0 radical (unpaired) electrons. The molecule has 0 fully saturated rings. The maximum absolute atomic E-state index is 13.8. The summed E-state index contributed by atoms with van der Waals surface area (Å²) in [6.07, 6.45) is 1.73. The van der Waals surface area contributed by atoms with Gasteiger partial charge in [0.1, 0.15) is 5.82 Å². The van der Waals surface area contributed by atoms with Crippen LogP contribution in [0.15, 0.2) is 17.0 Å². The Kier molecular flexibility index (Phi) is 6.31. The molecule has 0 saturated heterocycles. The first-order valence-corrected chi connectivity index (χ1v) is 8.67. The molecule has 1 aromatic rings. The van der Waals surface area contributed by atoms with E-state index in [0.717, 1.165) is 18.9 Å². The Bertz CT molecular complexity index is 583. The van der Waals surface area contributed by atoms with Gasteiger partial charge in [0, 0.05) is 11.6 Å². The molecule has 0 bridgehead atoms. The Morgan fingerprint density at radius 1 is 1.29 bits per heavy atom. The van der Waals surface area contributed by atoms with Crippen LogP contribution in [0.1, 0.15) is 44.7 Å². The fourth-order valence-electron chi connectivity index (χ4n) is 2.48. The highest BCUT2D eigenvalue weighted by molar-refractivity contribution is 7.89. The third-order valence-corrected chi connectivity index (χ3v) is 5.61. The summed E-state index contributed by atoms with van der Waals surface area (Å²) in [5.41, 5.74) is 0.310. The van der Waals surface area contributed by atoms with E-state index in [1.807, 2.05) is 20.8 Å². The first kappa shape index (κ1) is 18.1. The highest BCUT2D eigenvalue weighted by Gasteiger charge is 2.24. The SMILES string of the molecule is CCC(CC)C(C)NS(=O)(=O)c1cc(CO)cc(F)c1C. The molecule has 0 aliphatic carbocycles. The van der Waals surface area contributed by atoms with Crippen LogP contribution in [0.3, 0.4) is 0 Å². The Morgan fingerprint density at radius 3 is 2.33 bits per heavy atom. The molecule has 0 saturated carbocycles. The van der Waals surface area contributed by atoms with E-state index < -0.39 is 22.4 Å². The second-order valence-corrected chi connectivity index (χ2v) is 7.03. The van der Waals surface area contributed by atoms with Crippen molar-refractivity contribution in [3.8, 4) is 0 Å². The molecule has 6 heteroatoms. The summed E-state index contributed by atoms with van der Waals surface area (Å²) in [5, 5.41) is 9.11. The predicted molar refractivity (Wildman–Crippen MR) is 80.9 cm³/mol. The zero-order chi connectivity index (χ0) is 16.2. The highest BCUT2D eigenvalue weighted by Crippen LogP contribution is 2.22. The van der Waals surface area contributed by atoms with Crippen LogP contribution in [-0.4, -0.2) is 19.6 Å². The van der Waals surface area contributed by atoms with E-state index in [9.17, 15) is 12.8 Å². The van der Waals surface area contributed by atoms with Gasteiger partial charge in [0.15, 0.2) is 0 Å². The van der Waals surface area contributed by atoms with E-state index >= 15 is 0 Å². The molecular weight excluding hydrogens is 293 g/mol. The van der Waals surface area contributed by atoms with Crippen molar-refractivity contribution in [2.45, 2.75) is 58.1 Å². The van der Waals surface area contributed by atoms with Gasteiger partial charge < -0.3 is 5.11 Å². The van der Waals surface area contributed by atoms with E-state index in [0.29, 0.717) is 0 Å². The summed E-state index contributed by atoms with van der Waals surface area (Å²) >= 11 is 0. The summed E-state index contributed by atoms with van der Waals surface area (Å²) < 4.78 is 41.3. The van der Waals surface area contributed by atoms with Crippen LogP contribution in [0.25, 0.3) is 0 Å². The average Bonchev–Trinajstić information content (AvgIpc) is 2.42. The standard InChI is InChI=1S/C15H24FNO3S/c1-5-13(6-2)11(4)17-21(19,20)15-8-12(9-18)7-14(16)10(15)3/h7-8,11,13,17-18H,5-6,9H2,1-4H3. The third-order valence-electron chi connectivity index (χ3n) is 3.93. The molecule has 0 aromatic heterocycles. The average molecular weight is 317 g/mol. The van der Waals surface area contributed by atoms with Crippen LogP contribution in [0.5, 0.6) is 0 Å². The molecule has 1 aromatic carbocycles. The van der Waals surface area contributed by atoms with Crippen molar-refractivity contribution in [2.24, 2.45) is 5.92 Å². The predicted octanol–water partition coefficient (Wildman–Crippen LogP) is 2.73. The molecule has 0 amide bonds. The maximum Gasteiger partial charge on any atom is 0.241 e. The van der Waals surface area contributed by atoms with Crippen LogP contribution in [0.4, 0.5) is 4.39 Å². The quantitative estimate of drug-likeness (QED) is 0.812. The number of aliphatic hydroxyl groups is 1. The summed E-state index contributed by atoms with van der Waals surface area (Å²) in [4.78, 5) is -0.107. The lowest BCUT2D eigenvalue weighted by atomic mass is 9.96. The normalized spacial score (nSPS) is 13.7. The minimum Gasteiger partial charge on any atom is -0.392 e. The highest BCUT2D eigenvalue weighted by atomic mass is 32.2. The van der Waals surface area contributed by atoms with Crippen molar-refractivity contribution >= 4 is 10.0 Å². The first-order chi connectivity index (χ1) is 9.76. The van der Waals surface area contributed by atoms with Crippen LogP contribution in [0, 0.1) is 18.7 Å². The molecule has 0 heterocycles. The number of sulfonamides is 1. The van der Waals surface area contributed by atoms with Gasteiger partial charge in [-0.15, -0.1) is 0 Å². The maximum atomic E-state index is 13.8. The minimum absolute atomic E-state index is 0.0662. The largest absolute Gasteiger partial charge is 0.392 e. The van der Waals surface area contributed by atoms with Crippen molar-refractivity contribution in [1.29, 1.82) is 0 Å². The zero-order valence-corrected chi connectivity index (χ0v) is 13.8. The summed E-state index contributed by atoms with van der Waals surface area (Å²) in [6, 6.07) is 2.24. The topological polar surface area (TPSA) is 66.4 Å². The first-order valence-electron chi connectivity index (χ1n) is 7.19. The van der Waals surface area contributed by atoms with Gasteiger partial charge in [-0.2, -0.15) is 0 Å². The monoisotopic (exact) mass is 317 g/mol. The smallest absolute Gasteiger partial charge is 0.241 e. The lowest BCUT2D eigenvalue weighted by Crippen LogP contribution is -2.38. The van der Waals surface area contributed by atoms with Crippen molar-refractivity contribution in [2.75, 3.05) is 0 Å². The van der Waals surface area contributed by atoms with Gasteiger partial charge in [0.2, 0.25) is 10.0 Å². The molecule has 21 heavy (non-hydrogen) atoms. The molecule has 1 unspecified atom stereocenters. The van der Waals surface area contributed by atoms with Crippen LogP contribution < -0.4 is 4.72 Å². The van der Waals surface area contributed by atoms with E-state index in [-0.39, 0.29) is 28.0 Å². The van der Waals surface area contributed by atoms with Gasteiger partial charge in [-0.05, 0) is 37.5 Å². The molecule has 0 spiro atoms. The Labute approximate surface area is 126 Å². The van der Waals surface area contributed by atoms with E-state index in [4.69, 9.17) is 5.11 Å². The minimum atomic E-state index is -3.81. The van der Waals surface area contributed by atoms with Gasteiger partial charge in [0.05, 0.1) is 11.5 Å². The molecular formula is C15H24FNO3S. The number of hydrogen-bond donors (Lipinski definition) is 2. The van der Waals surface area contributed by atoms with Crippen molar-refractivity contribution in [1.82, 2.24) is 4.72 Å². The number of halogens is 1. The number of hydrogen-bond acceptors (Lipinski definition) is 3. The fourth-order valence-corrected chi connectivity index (χ4v) is 4.09. The van der Waals surface area contributed by atoms with E-state index in [1.165, 1.54) is 13.0 Å². The number of benzene rings is 1. The van der Waals surface area contributed by atoms with Crippen LogP contribution in [-0.2, 0) is 16.6 Å².